The highest BCUT2D eigenvalue weighted by Crippen LogP contribution is 2.35. The number of nitrogen functional groups attached to an aromatic ring is 1. The molecule has 0 radical (unpaired) electrons. The molecule has 1 aliphatic heterocycles. The van der Waals surface area contributed by atoms with Gasteiger partial charge < -0.3 is 5.73 Å². The molecule has 1 aromatic heterocycles. The maximum Gasteiger partial charge on any atom is 0.422 e. The van der Waals surface area contributed by atoms with Crippen LogP contribution in [-0.2, 0) is 6.18 Å². The van der Waals surface area contributed by atoms with Crippen LogP contribution in [0.25, 0.3) is 5.69 Å². The van der Waals surface area contributed by atoms with Crippen molar-refractivity contribution in [1.29, 1.82) is 0 Å². The fourth-order valence-corrected chi connectivity index (χ4v) is 2.51. The van der Waals surface area contributed by atoms with Gasteiger partial charge in [0.05, 0.1) is 16.8 Å². The summed E-state index contributed by atoms with van der Waals surface area (Å²) in [6.07, 6.45) is -5.28. The van der Waals surface area contributed by atoms with Crippen molar-refractivity contribution in [2.24, 2.45) is 0 Å². The highest BCUT2D eigenvalue weighted by molar-refractivity contribution is 6.23. The lowest BCUT2D eigenvalue weighted by atomic mass is 10.1. The van der Waals surface area contributed by atoms with Crippen molar-refractivity contribution < 1.29 is 31.5 Å². The lowest BCUT2D eigenvalue weighted by Crippen LogP contribution is -2.24. The van der Waals surface area contributed by atoms with Crippen molar-refractivity contribution in [2.45, 2.75) is 6.18 Å². The second-order valence-electron chi connectivity index (χ2n) is 5.06. The first-order valence-corrected chi connectivity index (χ1v) is 6.50. The monoisotopic (exact) mass is 359 g/mol. The van der Waals surface area contributed by atoms with Gasteiger partial charge in [-0.05, 0) is 12.1 Å². The molecule has 0 unspecified atom stereocenters. The van der Waals surface area contributed by atoms with Crippen LogP contribution in [0.15, 0.2) is 23.0 Å². The summed E-state index contributed by atoms with van der Waals surface area (Å²) in [6.45, 7) is 0. The van der Waals surface area contributed by atoms with E-state index in [9.17, 15) is 36.3 Å². The molecule has 1 aliphatic rings. The third-order valence-electron chi connectivity index (χ3n) is 3.52. The Morgan fingerprint density at radius 3 is 2.04 bits per heavy atom. The number of fused-ring (bicyclic) bond motifs is 1. The van der Waals surface area contributed by atoms with E-state index in [0.29, 0.717) is 10.6 Å². The van der Waals surface area contributed by atoms with Gasteiger partial charge >= 0.3 is 6.18 Å². The fourth-order valence-electron chi connectivity index (χ4n) is 2.51. The van der Waals surface area contributed by atoms with Crippen molar-refractivity contribution in [3.05, 3.63) is 56.9 Å². The molecular formula is C14H6F5N3O3. The second-order valence-corrected chi connectivity index (χ2v) is 5.06. The van der Waals surface area contributed by atoms with Crippen LogP contribution in [0, 0.1) is 11.6 Å². The summed E-state index contributed by atoms with van der Waals surface area (Å²) in [6, 6.07) is 1.20. The third kappa shape index (κ3) is 2.44. The molecule has 3 rings (SSSR count). The molecule has 0 aliphatic carbocycles. The van der Waals surface area contributed by atoms with E-state index in [0.717, 1.165) is 0 Å². The number of hydrogen-bond acceptors (Lipinski definition) is 4. The van der Waals surface area contributed by atoms with Gasteiger partial charge in [0.2, 0.25) is 0 Å². The number of rotatable bonds is 1. The number of hydrogen-bond donors (Lipinski definition) is 2. The molecule has 11 heteroatoms. The number of nitrogens with zero attached hydrogens (tertiary/aromatic N) is 1. The normalized spacial score (nSPS) is 13.8. The van der Waals surface area contributed by atoms with Crippen LogP contribution < -0.4 is 16.6 Å². The van der Waals surface area contributed by atoms with E-state index in [1.54, 1.807) is 0 Å². The van der Waals surface area contributed by atoms with Gasteiger partial charge in [-0.2, -0.15) is 13.2 Å². The molecule has 6 nitrogen and oxygen atoms in total. The van der Waals surface area contributed by atoms with Crippen molar-refractivity contribution in [1.82, 2.24) is 9.88 Å². The molecule has 0 bridgehead atoms. The lowest BCUT2D eigenvalue weighted by molar-refractivity contribution is -0.142. The molecule has 0 saturated carbocycles. The Morgan fingerprint density at radius 1 is 0.960 bits per heavy atom. The summed E-state index contributed by atoms with van der Waals surface area (Å²) >= 11 is 0. The predicted octanol–water partition coefficient (Wildman–Crippen LogP) is 1.60. The number of pyridine rings is 1. The minimum Gasteiger partial charge on any atom is -0.384 e. The molecule has 0 fully saturated rings. The number of halogens is 5. The summed E-state index contributed by atoms with van der Waals surface area (Å²) in [7, 11) is 0. The largest absolute Gasteiger partial charge is 0.422 e. The van der Waals surface area contributed by atoms with Crippen LogP contribution in [0.2, 0.25) is 0 Å². The molecular weight excluding hydrogens is 353 g/mol. The molecule has 3 N–H and O–H groups in total. The van der Waals surface area contributed by atoms with Crippen LogP contribution in [0.4, 0.5) is 27.8 Å². The maximum atomic E-state index is 13.7. The SMILES string of the molecule is Nc1c2c(cc(=O)n1-c1cc(F)c(C(F)(F)F)c(F)c1)C(=O)NC2=O. The minimum absolute atomic E-state index is 0.255. The van der Waals surface area contributed by atoms with Gasteiger partial charge in [-0.25, -0.2) is 8.78 Å². The van der Waals surface area contributed by atoms with Gasteiger partial charge in [-0.15, -0.1) is 0 Å². The summed E-state index contributed by atoms with van der Waals surface area (Å²) < 4.78 is 65.7. The zero-order valence-corrected chi connectivity index (χ0v) is 11.9. The fraction of sp³-hybridized carbons (Fsp3) is 0.0714. The van der Waals surface area contributed by atoms with E-state index in [-0.39, 0.29) is 17.7 Å². The Kier molecular flexibility index (Phi) is 3.41. The Balaban J connectivity index is 2.30. The van der Waals surface area contributed by atoms with Crippen LogP contribution in [0.3, 0.4) is 0 Å². The van der Waals surface area contributed by atoms with Gasteiger partial charge in [0.15, 0.2) is 0 Å². The number of imide groups is 1. The minimum atomic E-state index is -5.28. The molecule has 130 valence electrons. The molecule has 0 atom stereocenters. The van der Waals surface area contributed by atoms with Crippen molar-refractivity contribution in [3.8, 4) is 5.69 Å². The first-order chi connectivity index (χ1) is 11.5. The molecule has 2 heterocycles. The number of anilines is 1. The number of benzene rings is 1. The number of carbonyl (C=O) groups excluding carboxylic acids is 2. The number of alkyl halides is 3. The second kappa shape index (κ2) is 5.13. The molecule has 2 amide bonds. The average molecular weight is 359 g/mol. The van der Waals surface area contributed by atoms with Crippen LogP contribution in [-0.4, -0.2) is 16.4 Å². The van der Waals surface area contributed by atoms with E-state index >= 15 is 0 Å². The van der Waals surface area contributed by atoms with Crippen LogP contribution in [0.5, 0.6) is 0 Å². The summed E-state index contributed by atoms with van der Waals surface area (Å²) in [5.41, 5.74) is 1.03. The molecule has 25 heavy (non-hydrogen) atoms. The maximum absolute atomic E-state index is 13.7. The predicted molar refractivity (Wildman–Crippen MR) is 73.2 cm³/mol. The van der Waals surface area contributed by atoms with Crippen LogP contribution >= 0.6 is 0 Å². The molecule has 0 saturated heterocycles. The highest BCUT2D eigenvalue weighted by atomic mass is 19.4. The van der Waals surface area contributed by atoms with Crippen LogP contribution in [0.1, 0.15) is 26.3 Å². The van der Waals surface area contributed by atoms with Gasteiger partial charge in [-0.1, -0.05) is 0 Å². The Labute approximate surface area is 134 Å². The Hall–Kier alpha value is -3.24. The quantitative estimate of drug-likeness (QED) is 0.597. The van der Waals surface area contributed by atoms with Crippen molar-refractivity contribution in [3.63, 3.8) is 0 Å². The number of nitrogens with two attached hydrogens (primary N) is 1. The third-order valence-corrected chi connectivity index (χ3v) is 3.52. The number of aromatic nitrogens is 1. The standard InChI is InChI=1S/C14H6F5N3O3/c15-6-1-4(2-7(16)10(6)14(17,18)19)22-8(23)3-5-9(11(22)20)13(25)21-12(5)24/h1-3H,20H2,(H,21,24,25). The highest BCUT2D eigenvalue weighted by Gasteiger charge is 2.38. The van der Waals surface area contributed by atoms with E-state index in [1.165, 1.54) is 0 Å². The van der Waals surface area contributed by atoms with Gasteiger partial charge in [0.1, 0.15) is 23.0 Å². The average Bonchev–Trinajstić information content (AvgIpc) is 2.71. The Morgan fingerprint density at radius 2 is 1.52 bits per heavy atom. The van der Waals surface area contributed by atoms with E-state index in [4.69, 9.17) is 5.73 Å². The van der Waals surface area contributed by atoms with Gasteiger partial charge in [0.25, 0.3) is 17.4 Å². The zero-order valence-electron chi connectivity index (χ0n) is 11.9. The number of nitrogens with one attached hydrogen (secondary N) is 1. The van der Waals surface area contributed by atoms with Gasteiger partial charge in [0, 0.05) is 6.07 Å². The molecule has 1 aromatic carbocycles. The van der Waals surface area contributed by atoms with Crippen molar-refractivity contribution >= 4 is 17.6 Å². The zero-order chi connectivity index (χ0) is 18.7. The first-order valence-electron chi connectivity index (χ1n) is 6.50. The first kappa shape index (κ1) is 16.6. The van der Waals surface area contributed by atoms with Crippen molar-refractivity contribution in [2.75, 3.05) is 5.73 Å². The smallest absolute Gasteiger partial charge is 0.384 e. The molecule has 2 aromatic rings. The summed E-state index contributed by atoms with van der Waals surface area (Å²) in [5, 5.41) is 1.87. The summed E-state index contributed by atoms with van der Waals surface area (Å²) in [5.74, 6) is -6.39. The Bertz CT molecular complexity index is 987. The molecule has 0 spiro atoms. The van der Waals surface area contributed by atoms with E-state index < -0.39 is 57.8 Å². The topological polar surface area (TPSA) is 94.2 Å². The van der Waals surface area contributed by atoms with E-state index in [1.807, 2.05) is 5.32 Å². The lowest BCUT2D eigenvalue weighted by Gasteiger charge is -2.15. The number of amides is 2. The van der Waals surface area contributed by atoms with E-state index in [2.05, 4.69) is 0 Å². The number of carbonyl (C=O) groups is 2. The van der Waals surface area contributed by atoms with Gasteiger partial charge in [-0.3, -0.25) is 24.3 Å². The summed E-state index contributed by atoms with van der Waals surface area (Å²) in [4.78, 5) is 35.3.